The Morgan fingerprint density at radius 1 is 1.24 bits per heavy atom. The number of nitrogens with zero attached hydrogens (tertiary/aromatic N) is 1. The summed E-state index contributed by atoms with van der Waals surface area (Å²) in [6, 6.07) is 9.45. The number of piperazine rings is 1. The standard InChI is InChI=1S/C16H22N2O2S/c1-16(13-8-4-3-5-9-13)15(20)18(12-14(19)17-16)10-6-7-11-21-2/h3-5,8-9H,6-7,10-12H2,1-2H3,(H,17,19). The Balaban J connectivity index is 2.12. The molecule has 1 N–H and O–H groups in total. The lowest BCUT2D eigenvalue weighted by Crippen LogP contribution is -2.63. The molecule has 21 heavy (non-hydrogen) atoms. The molecule has 1 saturated heterocycles. The average Bonchev–Trinajstić information content (AvgIpc) is 2.49. The Morgan fingerprint density at radius 3 is 2.62 bits per heavy atom. The molecule has 2 amide bonds. The Bertz CT molecular complexity index is 506. The van der Waals surface area contributed by atoms with E-state index in [0.717, 1.165) is 24.2 Å². The van der Waals surface area contributed by atoms with Gasteiger partial charge in [-0.3, -0.25) is 9.59 Å². The highest BCUT2D eigenvalue weighted by Crippen LogP contribution is 2.26. The molecule has 1 atom stereocenters. The van der Waals surface area contributed by atoms with Crippen molar-refractivity contribution in [2.45, 2.75) is 25.3 Å². The lowest BCUT2D eigenvalue weighted by atomic mass is 9.88. The number of carbonyl (C=O) groups is 2. The smallest absolute Gasteiger partial charge is 0.253 e. The SMILES string of the molecule is CSCCCCN1CC(=O)NC(C)(c2ccccc2)C1=O. The van der Waals surface area contributed by atoms with E-state index in [-0.39, 0.29) is 18.4 Å². The molecule has 1 heterocycles. The first-order chi connectivity index (χ1) is 10.1. The van der Waals surface area contributed by atoms with Gasteiger partial charge >= 0.3 is 0 Å². The van der Waals surface area contributed by atoms with E-state index < -0.39 is 5.54 Å². The molecule has 0 saturated carbocycles. The molecule has 1 aromatic carbocycles. The number of rotatable bonds is 6. The minimum atomic E-state index is -0.948. The first-order valence-electron chi connectivity index (χ1n) is 7.23. The Hall–Kier alpha value is -1.49. The summed E-state index contributed by atoms with van der Waals surface area (Å²) in [5.74, 6) is 0.979. The van der Waals surface area contributed by atoms with Crippen LogP contribution in [-0.2, 0) is 15.1 Å². The molecule has 1 fully saturated rings. The molecule has 5 heteroatoms. The Kier molecular flexibility index (Phi) is 5.28. The van der Waals surface area contributed by atoms with Gasteiger partial charge in [0.1, 0.15) is 5.54 Å². The Morgan fingerprint density at radius 2 is 1.95 bits per heavy atom. The minimum Gasteiger partial charge on any atom is -0.337 e. The van der Waals surface area contributed by atoms with Crippen molar-refractivity contribution in [3.63, 3.8) is 0 Å². The number of hydrogen-bond acceptors (Lipinski definition) is 3. The van der Waals surface area contributed by atoms with Crippen molar-refractivity contribution >= 4 is 23.6 Å². The number of hydrogen-bond donors (Lipinski definition) is 1. The van der Waals surface area contributed by atoms with Gasteiger partial charge in [0.15, 0.2) is 0 Å². The quantitative estimate of drug-likeness (QED) is 0.818. The van der Waals surface area contributed by atoms with Crippen molar-refractivity contribution in [2.24, 2.45) is 0 Å². The van der Waals surface area contributed by atoms with E-state index in [1.807, 2.05) is 30.3 Å². The molecule has 2 rings (SSSR count). The highest BCUT2D eigenvalue weighted by Gasteiger charge is 2.43. The number of benzene rings is 1. The molecule has 1 aliphatic heterocycles. The van der Waals surface area contributed by atoms with Gasteiger partial charge in [-0.1, -0.05) is 30.3 Å². The van der Waals surface area contributed by atoms with Gasteiger partial charge in [-0.05, 0) is 37.3 Å². The third-order valence-corrected chi connectivity index (χ3v) is 4.51. The van der Waals surface area contributed by atoms with Gasteiger partial charge in [0.2, 0.25) is 5.91 Å². The van der Waals surface area contributed by atoms with Gasteiger partial charge in [0.05, 0.1) is 6.54 Å². The highest BCUT2D eigenvalue weighted by atomic mass is 32.2. The van der Waals surface area contributed by atoms with Gasteiger partial charge < -0.3 is 10.2 Å². The zero-order valence-electron chi connectivity index (χ0n) is 12.6. The highest BCUT2D eigenvalue weighted by molar-refractivity contribution is 7.98. The fourth-order valence-corrected chi connectivity index (χ4v) is 3.12. The maximum atomic E-state index is 12.8. The molecule has 0 bridgehead atoms. The molecule has 1 unspecified atom stereocenters. The normalized spacial score (nSPS) is 22.3. The van der Waals surface area contributed by atoms with E-state index in [9.17, 15) is 9.59 Å². The molecule has 0 aromatic heterocycles. The lowest BCUT2D eigenvalue weighted by Gasteiger charge is -2.40. The van der Waals surface area contributed by atoms with E-state index in [1.165, 1.54) is 0 Å². The lowest BCUT2D eigenvalue weighted by molar-refractivity contribution is -0.149. The summed E-state index contributed by atoms with van der Waals surface area (Å²) in [7, 11) is 0. The van der Waals surface area contributed by atoms with E-state index in [4.69, 9.17) is 0 Å². The van der Waals surface area contributed by atoms with Crippen LogP contribution in [0, 0.1) is 0 Å². The molecule has 0 aliphatic carbocycles. The number of carbonyl (C=O) groups excluding carboxylic acids is 2. The maximum Gasteiger partial charge on any atom is 0.253 e. The van der Waals surface area contributed by atoms with Crippen LogP contribution in [0.4, 0.5) is 0 Å². The second-order valence-electron chi connectivity index (χ2n) is 5.47. The van der Waals surface area contributed by atoms with Crippen LogP contribution in [0.5, 0.6) is 0 Å². The number of thioether (sulfide) groups is 1. The van der Waals surface area contributed by atoms with Crippen LogP contribution in [0.1, 0.15) is 25.3 Å². The van der Waals surface area contributed by atoms with Gasteiger partial charge in [0, 0.05) is 6.54 Å². The fourth-order valence-electron chi connectivity index (χ4n) is 2.63. The predicted molar refractivity (Wildman–Crippen MR) is 86.1 cm³/mol. The summed E-state index contributed by atoms with van der Waals surface area (Å²) in [6.45, 7) is 2.60. The van der Waals surface area contributed by atoms with Crippen LogP contribution in [0.25, 0.3) is 0 Å². The third kappa shape index (κ3) is 3.59. The molecule has 1 aromatic rings. The molecule has 4 nitrogen and oxygen atoms in total. The zero-order valence-corrected chi connectivity index (χ0v) is 13.4. The van der Waals surface area contributed by atoms with Crippen LogP contribution in [0.3, 0.4) is 0 Å². The third-order valence-electron chi connectivity index (χ3n) is 3.82. The largest absolute Gasteiger partial charge is 0.337 e. The molecular weight excluding hydrogens is 284 g/mol. The topological polar surface area (TPSA) is 49.4 Å². The predicted octanol–water partition coefficient (Wildman–Crippen LogP) is 2.00. The van der Waals surface area contributed by atoms with Crippen molar-refractivity contribution in [1.82, 2.24) is 10.2 Å². The maximum absolute atomic E-state index is 12.8. The van der Waals surface area contributed by atoms with Crippen molar-refractivity contribution in [3.8, 4) is 0 Å². The number of amides is 2. The van der Waals surface area contributed by atoms with Gasteiger partial charge in [-0.2, -0.15) is 11.8 Å². The van der Waals surface area contributed by atoms with Crippen molar-refractivity contribution in [1.29, 1.82) is 0 Å². The molecule has 114 valence electrons. The van der Waals surface area contributed by atoms with Crippen LogP contribution >= 0.6 is 11.8 Å². The second kappa shape index (κ2) is 6.98. The monoisotopic (exact) mass is 306 g/mol. The summed E-state index contributed by atoms with van der Waals surface area (Å²) >= 11 is 1.80. The number of unbranched alkanes of at least 4 members (excludes halogenated alkanes) is 1. The van der Waals surface area contributed by atoms with E-state index in [1.54, 1.807) is 23.6 Å². The van der Waals surface area contributed by atoms with E-state index in [2.05, 4.69) is 11.6 Å². The summed E-state index contributed by atoms with van der Waals surface area (Å²) in [5.41, 5.74) is -0.118. The molecule has 0 radical (unpaired) electrons. The van der Waals surface area contributed by atoms with Crippen molar-refractivity contribution < 1.29 is 9.59 Å². The van der Waals surface area contributed by atoms with Crippen LogP contribution in [0.2, 0.25) is 0 Å². The van der Waals surface area contributed by atoms with Gasteiger partial charge in [-0.15, -0.1) is 0 Å². The first kappa shape index (κ1) is 15.9. The van der Waals surface area contributed by atoms with Gasteiger partial charge in [0.25, 0.3) is 5.91 Å². The summed E-state index contributed by atoms with van der Waals surface area (Å²) in [6.07, 6.45) is 4.07. The van der Waals surface area contributed by atoms with Crippen molar-refractivity contribution in [3.05, 3.63) is 35.9 Å². The van der Waals surface area contributed by atoms with Crippen LogP contribution in [0.15, 0.2) is 30.3 Å². The van der Waals surface area contributed by atoms with E-state index >= 15 is 0 Å². The van der Waals surface area contributed by atoms with Crippen LogP contribution in [-0.4, -0.2) is 41.8 Å². The summed E-state index contributed by atoms with van der Waals surface area (Å²) in [4.78, 5) is 26.4. The van der Waals surface area contributed by atoms with Crippen LogP contribution < -0.4 is 5.32 Å². The molecule has 0 spiro atoms. The zero-order chi connectivity index (χ0) is 15.3. The summed E-state index contributed by atoms with van der Waals surface area (Å²) < 4.78 is 0. The van der Waals surface area contributed by atoms with Crippen molar-refractivity contribution in [2.75, 3.05) is 25.1 Å². The van der Waals surface area contributed by atoms with Gasteiger partial charge in [-0.25, -0.2) is 0 Å². The minimum absolute atomic E-state index is 0.0162. The Labute approximate surface area is 130 Å². The average molecular weight is 306 g/mol. The second-order valence-corrected chi connectivity index (χ2v) is 6.45. The fraction of sp³-hybridized carbons (Fsp3) is 0.500. The van der Waals surface area contributed by atoms with E-state index in [0.29, 0.717) is 6.54 Å². The molecular formula is C16H22N2O2S. The summed E-state index contributed by atoms with van der Waals surface area (Å²) in [5, 5.41) is 2.86. The first-order valence-corrected chi connectivity index (χ1v) is 8.62. The molecule has 1 aliphatic rings. The number of nitrogens with one attached hydrogen (secondary N) is 1.